The molecule has 0 heterocycles. The van der Waals surface area contributed by atoms with Gasteiger partial charge in [0.2, 0.25) is 12.3 Å². The molecule has 2 amide bonds. The molecule has 8 nitrogen and oxygen atoms in total. The molecule has 0 radical (unpaired) electrons. The first-order valence-corrected chi connectivity index (χ1v) is 10.2. The second-order valence-electron chi connectivity index (χ2n) is 7.50. The smallest absolute Gasteiger partial charge is 0.308 e. The van der Waals surface area contributed by atoms with Crippen molar-refractivity contribution in [3.8, 4) is 0 Å². The highest BCUT2D eigenvalue weighted by Crippen LogP contribution is 2.08. The lowest BCUT2D eigenvalue weighted by molar-refractivity contribution is -0.156. The summed E-state index contributed by atoms with van der Waals surface area (Å²) in [5.74, 6) is -0.231. The second-order valence-corrected chi connectivity index (χ2v) is 7.50. The van der Waals surface area contributed by atoms with Crippen molar-refractivity contribution in [2.75, 3.05) is 39.5 Å². The number of unbranched alkanes of at least 4 members (excludes halogenated alkanes) is 4. The SMILES string of the molecule is CC(C)(C)OC(=O)CCOCCOCCNC(=O)CCCCCCCNC=O. The van der Waals surface area contributed by atoms with E-state index in [-0.39, 0.29) is 18.3 Å². The zero-order valence-electron chi connectivity index (χ0n) is 17.7. The number of nitrogens with one attached hydrogen (secondary N) is 2. The van der Waals surface area contributed by atoms with Gasteiger partial charge in [0.15, 0.2) is 0 Å². The topological polar surface area (TPSA) is 103 Å². The molecular weight excluding hydrogens is 364 g/mol. The largest absolute Gasteiger partial charge is 0.460 e. The van der Waals surface area contributed by atoms with Crippen LogP contribution in [0.25, 0.3) is 0 Å². The van der Waals surface area contributed by atoms with Crippen LogP contribution in [-0.4, -0.2) is 63.4 Å². The highest BCUT2D eigenvalue weighted by Gasteiger charge is 2.15. The Bertz CT molecular complexity index is 423. The number of esters is 1. The predicted molar refractivity (Wildman–Crippen MR) is 107 cm³/mol. The van der Waals surface area contributed by atoms with Crippen LogP contribution in [0.4, 0.5) is 0 Å². The molecule has 0 aliphatic heterocycles. The van der Waals surface area contributed by atoms with E-state index in [1.165, 1.54) is 0 Å². The van der Waals surface area contributed by atoms with Gasteiger partial charge >= 0.3 is 5.97 Å². The van der Waals surface area contributed by atoms with Crippen molar-refractivity contribution in [2.45, 2.75) is 71.3 Å². The van der Waals surface area contributed by atoms with Crippen molar-refractivity contribution in [1.29, 1.82) is 0 Å². The fourth-order valence-electron chi connectivity index (χ4n) is 2.32. The van der Waals surface area contributed by atoms with Crippen LogP contribution in [0.2, 0.25) is 0 Å². The van der Waals surface area contributed by atoms with Crippen molar-refractivity contribution >= 4 is 18.3 Å². The van der Waals surface area contributed by atoms with Gasteiger partial charge in [-0.05, 0) is 33.6 Å². The highest BCUT2D eigenvalue weighted by molar-refractivity contribution is 5.75. The normalized spacial score (nSPS) is 11.1. The number of carbonyl (C=O) groups excluding carboxylic acids is 3. The third-order valence-corrected chi connectivity index (χ3v) is 3.62. The van der Waals surface area contributed by atoms with E-state index >= 15 is 0 Å². The van der Waals surface area contributed by atoms with Gasteiger partial charge in [0.1, 0.15) is 5.60 Å². The molecule has 0 aliphatic carbocycles. The van der Waals surface area contributed by atoms with E-state index in [4.69, 9.17) is 14.2 Å². The summed E-state index contributed by atoms with van der Waals surface area (Å²) in [6.45, 7) is 8.26. The summed E-state index contributed by atoms with van der Waals surface area (Å²) in [6.07, 6.45) is 6.48. The van der Waals surface area contributed by atoms with Gasteiger partial charge in [-0.1, -0.05) is 19.3 Å². The Hall–Kier alpha value is -1.67. The van der Waals surface area contributed by atoms with E-state index < -0.39 is 5.60 Å². The Morgan fingerprint density at radius 3 is 2.14 bits per heavy atom. The van der Waals surface area contributed by atoms with Gasteiger partial charge in [-0.15, -0.1) is 0 Å². The van der Waals surface area contributed by atoms with Crippen LogP contribution in [-0.2, 0) is 28.6 Å². The van der Waals surface area contributed by atoms with E-state index in [2.05, 4.69) is 10.6 Å². The average Bonchev–Trinajstić information content (AvgIpc) is 2.61. The fraction of sp³-hybridized carbons (Fsp3) is 0.850. The van der Waals surface area contributed by atoms with Crippen LogP contribution in [0, 0.1) is 0 Å². The summed E-state index contributed by atoms with van der Waals surface area (Å²) >= 11 is 0. The summed E-state index contributed by atoms with van der Waals surface area (Å²) in [7, 11) is 0. The average molecular weight is 403 g/mol. The van der Waals surface area contributed by atoms with Gasteiger partial charge < -0.3 is 24.8 Å². The van der Waals surface area contributed by atoms with Crippen molar-refractivity contribution in [1.82, 2.24) is 10.6 Å². The molecule has 28 heavy (non-hydrogen) atoms. The zero-order valence-corrected chi connectivity index (χ0v) is 17.7. The predicted octanol–water partition coefficient (Wildman–Crippen LogP) is 1.95. The van der Waals surface area contributed by atoms with Gasteiger partial charge in [0, 0.05) is 19.5 Å². The molecule has 164 valence electrons. The van der Waals surface area contributed by atoms with E-state index in [0.717, 1.165) is 38.6 Å². The van der Waals surface area contributed by atoms with Crippen LogP contribution < -0.4 is 10.6 Å². The summed E-state index contributed by atoms with van der Waals surface area (Å²) in [5.41, 5.74) is -0.472. The first-order valence-electron chi connectivity index (χ1n) is 10.2. The first-order chi connectivity index (χ1) is 13.3. The van der Waals surface area contributed by atoms with Crippen LogP contribution >= 0.6 is 0 Å². The number of rotatable bonds is 18. The van der Waals surface area contributed by atoms with Gasteiger partial charge in [-0.3, -0.25) is 14.4 Å². The number of amides is 2. The summed E-state index contributed by atoms with van der Waals surface area (Å²) in [4.78, 5) is 33.2. The van der Waals surface area contributed by atoms with E-state index in [0.29, 0.717) is 45.8 Å². The second kappa shape index (κ2) is 17.4. The molecule has 0 aromatic rings. The molecule has 0 saturated heterocycles. The van der Waals surface area contributed by atoms with Crippen molar-refractivity contribution in [3.05, 3.63) is 0 Å². The summed E-state index contributed by atoms with van der Waals surface area (Å²) in [5, 5.41) is 5.46. The van der Waals surface area contributed by atoms with Gasteiger partial charge in [-0.25, -0.2) is 0 Å². The number of hydrogen-bond acceptors (Lipinski definition) is 6. The first kappa shape index (κ1) is 26.3. The number of hydrogen-bond donors (Lipinski definition) is 2. The molecule has 0 bridgehead atoms. The van der Waals surface area contributed by atoms with Crippen LogP contribution in [0.3, 0.4) is 0 Å². The van der Waals surface area contributed by atoms with Crippen LogP contribution in [0.5, 0.6) is 0 Å². The van der Waals surface area contributed by atoms with Gasteiger partial charge in [-0.2, -0.15) is 0 Å². The molecule has 2 N–H and O–H groups in total. The maximum absolute atomic E-state index is 11.7. The lowest BCUT2D eigenvalue weighted by Gasteiger charge is -2.19. The third-order valence-electron chi connectivity index (χ3n) is 3.62. The Labute approximate surface area is 169 Å². The Morgan fingerprint density at radius 2 is 1.46 bits per heavy atom. The monoisotopic (exact) mass is 402 g/mol. The molecule has 0 aromatic heterocycles. The number of ether oxygens (including phenoxy) is 3. The van der Waals surface area contributed by atoms with E-state index in [1.807, 2.05) is 20.8 Å². The fourth-order valence-corrected chi connectivity index (χ4v) is 2.32. The third kappa shape index (κ3) is 20.6. The molecule has 0 unspecified atom stereocenters. The molecule has 0 rings (SSSR count). The molecule has 0 atom stereocenters. The van der Waals surface area contributed by atoms with Crippen molar-refractivity contribution < 1.29 is 28.6 Å². The minimum absolute atomic E-state index is 0.0415. The molecule has 8 heteroatoms. The Kier molecular flexibility index (Phi) is 16.4. The summed E-state index contributed by atoms with van der Waals surface area (Å²) in [6, 6.07) is 0. The Balaban J connectivity index is 3.30. The van der Waals surface area contributed by atoms with Gasteiger partial charge in [0.05, 0.1) is 32.8 Å². The summed E-state index contributed by atoms with van der Waals surface area (Å²) < 4.78 is 15.9. The van der Waals surface area contributed by atoms with Crippen molar-refractivity contribution in [2.24, 2.45) is 0 Å². The molecule has 0 aromatic carbocycles. The lowest BCUT2D eigenvalue weighted by atomic mass is 10.1. The van der Waals surface area contributed by atoms with Crippen LogP contribution in [0.1, 0.15) is 65.7 Å². The minimum Gasteiger partial charge on any atom is -0.460 e. The maximum Gasteiger partial charge on any atom is 0.308 e. The standard InChI is InChI=1S/C20H38N2O6/c1-20(2,3)28-19(25)10-13-26-15-16-27-14-12-22-18(24)9-7-5-4-6-8-11-21-17-23/h17H,4-16H2,1-3H3,(H,21,23)(H,22,24). The minimum atomic E-state index is -0.472. The zero-order chi connectivity index (χ0) is 21.1. The molecule has 0 spiro atoms. The number of carbonyl (C=O) groups is 3. The molecular formula is C20H38N2O6. The van der Waals surface area contributed by atoms with Crippen molar-refractivity contribution in [3.63, 3.8) is 0 Å². The van der Waals surface area contributed by atoms with E-state index in [1.54, 1.807) is 0 Å². The van der Waals surface area contributed by atoms with Gasteiger partial charge in [0.25, 0.3) is 0 Å². The Morgan fingerprint density at radius 1 is 0.821 bits per heavy atom. The lowest BCUT2D eigenvalue weighted by Crippen LogP contribution is -2.27. The highest BCUT2D eigenvalue weighted by atomic mass is 16.6. The molecule has 0 aliphatic rings. The van der Waals surface area contributed by atoms with E-state index in [9.17, 15) is 14.4 Å². The quantitative estimate of drug-likeness (QED) is 0.206. The van der Waals surface area contributed by atoms with Crippen LogP contribution in [0.15, 0.2) is 0 Å². The maximum atomic E-state index is 11.7. The molecule has 0 fully saturated rings. The molecule has 0 saturated carbocycles.